The minimum atomic E-state index is -0.692. The fraction of sp³-hybridized carbons (Fsp3) is 0.710. The third-order valence-corrected chi connectivity index (χ3v) is 7.03. The Kier molecular flexibility index (Phi) is 13.7. The van der Waals surface area contributed by atoms with Crippen molar-refractivity contribution in [3.05, 3.63) is 24.0 Å². The summed E-state index contributed by atoms with van der Waals surface area (Å²) in [5, 5.41) is 16.2. The van der Waals surface area contributed by atoms with Crippen molar-refractivity contribution >= 4 is 24.3 Å². The molecular formula is C31H50N4O7. The van der Waals surface area contributed by atoms with Gasteiger partial charge in [0.2, 0.25) is 11.8 Å². The van der Waals surface area contributed by atoms with E-state index >= 15 is 0 Å². The van der Waals surface area contributed by atoms with E-state index < -0.39 is 17.6 Å². The van der Waals surface area contributed by atoms with Crippen LogP contribution in [0.4, 0.5) is 0 Å². The zero-order chi connectivity index (χ0) is 31.3. The molecule has 0 spiro atoms. The molecule has 0 radical (unpaired) electrons. The molecule has 2 atom stereocenters. The first-order valence-electron chi connectivity index (χ1n) is 14.9. The van der Waals surface area contributed by atoms with Gasteiger partial charge in [0.1, 0.15) is 17.0 Å². The molecule has 0 aromatic carbocycles. The lowest BCUT2D eigenvalue weighted by Crippen LogP contribution is -2.46. The van der Waals surface area contributed by atoms with Crippen molar-refractivity contribution < 1.29 is 33.8 Å². The van der Waals surface area contributed by atoms with Crippen molar-refractivity contribution in [2.24, 2.45) is 11.8 Å². The van der Waals surface area contributed by atoms with Crippen LogP contribution in [0.5, 0.6) is 5.75 Å². The Morgan fingerprint density at radius 2 is 1.81 bits per heavy atom. The lowest BCUT2D eigenvalue weighted by Gasteiger charge is -2.33. The molecule has 2 aliphatic heterocycles. The Bertz CT molecular complexity index is 1030. The lowest BCUT2D eigenvalue weighted by molar-refractivity contribution is -0.155. The third-order valence-electron chi connectivity index (χ3n) is 7.03. The van der Waals surface area contributed by atoms with E-state index in [0.717, 1.165) is 38.8 Å². The molecule has 0 aliphatic carbocycles. The average Bonchev–Trinajstić information content (AvgIpc) is 2.90. The first-order chi connectivity index (χ1) is 19.7. The number of amides is 2. The number of rotatable bonds is 9. The van der Waals surface area contributed by atoms with Gasteiger partial charge in [-0.3, -0.25) is 24.2 Å². The number of nitrogens with one attached hydrogen (secondary N) is 2. The summed E-state index contributed by atoms with van der Waals surface area (Å²) in [5.41, 5.74) is -0.446. The molecule has 1 aromatic rings. The first kappa shape index (κ1) is 35.0. The number of hydrogen-bond acceptors (Lipinski definition) is 9. The van der Waals surface area contributed by atoms with E-state index in [1.165, 1.54) is 18.5 Å². The normalized spacial score (nSPS) is 18.6. The van der Waals surface area contributed by atoms with E-state index in [9.17, 15) is 24.3 Å². The van der Waals surface area contributed by atoms with E-state index in [1.807, 2.05) is 25.7 Å². The Hall–Kier alpha value is -3.21. The molecule has 1 aromatic heterocycles. The van der Waals surface area contributed by atoms with Gasteiger partial charge in [-0.15, -0.1) is 0 Å². The number of carbonyl (C=O) groups is 4. The number of likely N-dealkylation sites (tertiary alicyclic amines) is 1. The Balaban J connectivity index is 0.000000782. The molecule has 42 heavy (non-hydrogen) atoms. The molecule has 2 fully saturated rings. The van der Waals surface area contributed by atoms with Crippen LogP contribution in [0.25, 0.3) is 0 Å². The third kappa shape index (κ3) is 13.6. The number of nitrogens with zero attached hydrogens (tertiary/aromatic N) is 2. The maximum atomic E-state index is 13.2. The fourth-order valence-electron chi connectivity index (χ4n) is 4.95. The number of piperidine rings is 2. The lowest BCUT2D eigenvalue weighted by atomic mass is 9.92. The summed E-state index contributed by atoms with van der Waals surface area (Å²) in [4.78, 5) is 54.0. The highest BCUT2D eigenvalue weighted by Crippen LogP contribution is 2.25. The summed E-state index contributed by atoms with van der Waals surface area (Å²) >= 11 is 0. The van der Waals surface area contributed by atoms with Crippen LogP contribution < -0.4 is 10.6 Å². The highest BCUT2D eigenvalue weighted by molar-refractivity contribution is 5.82. The molecule has 11 nitrogen and oxygen atoms in total. The van der Waals surface area contributed by atoms with Crippen LogP contribution in [-0.4, -0.2) is 76.6 Å². The number of esters is 1. The van der Waals surface area contributed by atoms with Gasteiger partial charge in [-0.05, 0) is 104 Å². The van der Waals surface area contributed by atoms with Gasteiger partial charge in [-0.2, -0.15) is 0 Å². The second-order valence-electron chi connectivity index (χ2n) is 13.1. The summed E-state index contributed by atoms with van der Waals surface area (Å²) < 4.78 is 9.99. The molecule has 2 aliphatic rings. The number of hydrogen-bond donors (Lipinski definition) is 3. The van der Waals surface area contributed by atoms with E-state index in [2.05, 4.69) is 20.4 Å². The summed E-state index contributed by atoms with van der Waals surface area (Å²) in [7, 11) is 0. The van der Waals surface area contributed by atoms with E-state index in [1.54, 1.807) is 20.8 Å². The number of pyridine rings is 1. The molecule has 11 heteroatoms. The topological polar surface area (TPSA) is 147 Å². The Labute approximate surface area is 250 Å². The fourth-order valence-corrected chi connectivity index (χ4v) is 4.95. The largest absolute Gasteiger partial charge is 0.506 e. The maximum Gasteiger partial charge on any atom is 0.308 e. The minimum Gasteiger partial charge on any atom is -0.506 e. The highest BCUT2D eigenvalue weighted by Gasteiger charge is 2.31. The smallest absolute Gasteiger partial charge is 0.308 e. The van der Waals surface area contributed by atoms with Crippen molar-refractivity contribution in [1.29, 1.82) is 0 Å². The number of ether oxygens (including phenoxy) is 2. The molecular weight excluding hydrogens is 540 g/mol. The van der Waals surface area contributed by atoms with E-state index in [4.69, 9.17) is 4.74 Å². The van der Waals surface area contributed by atoms with Gasteiger partial charge in [0.25, 0.3) is 6.47 Å². The van der Waals surface area contributed by atoms with Crippen molar-refractivity contribution in [3.8, 4) is 5.75 Å². The quantitative estimate of drug-likeness (QED) is 0.290. The van der Waals surface area contributed by atoms with Crippen LogP contribution in [0.15, 0.2) is 18.5 Å². The van der Waals surface area contributed by atoms with E-state index in [-0.39, 0.29) is 35.5 Å². The van der Waals surface area contributed by atoms with Gasteiger partial charge < -0.3 is 30.1 Å². The monoisotopic (exact) mass is 590 g/mol. The van der Waals surface area contributed by atoms with Crippen LogP contribution in [-0.2, 0) is 28.7 Å². The molecule has 236 valence electrons. The van der Waals surface area contributed by atoms with E-state index in [0.29, 0.717) is 43.9 Å². The number of aromatic hydroxyl groups is 1. The van der Waals surface area contributed by atoms with Crippen LogP contribution in [0.3, 0.4) is 0 Å². The molecule has 0 saturated carbocycles. The predicted molar refractivity (Wildman–Crippen MR) is 158 cm³/mol. The van der Waals surface area contributed by atoms with Gasteiger partial charge in [-0.1, -0.05) is 0 Å². The summed E-state index contributed by atoms with van der Waals surface area (Å²) in [6.45, 7) is 14.4. The van der Waals surface area contributed by atoms with Crippen molar-refractivity contribution in [1.82, 2.24) is 20.5 Å². The van der Waals surface area contributed by atoms with Crippen molar-refractivity contribution in [2.45, 2.75) is 104 Å². The second kappa shape index (κ2) is 16.4. The zero-order valence-electron chi connectivity index (χ0n) is 26.1. The summed E-state index contributed by atoms with van der Waals surface area (Å²) in [5.74, 6) is -0.355. The Morgan fingerprint density at radius 3 is 2.38 bits per heavy atom. The predicted octanol–water partition coefficient (Wildman–Crippen LogP) is 3.65. The molecule has 0 bridgehead atoms. The molecule has 2 saturated heterocycles. The molecule has 3 N–H and O–H groups in total. The first-order valence-corrected chi connectivity index (χ1v) is 14.9. The molecule has 2 amide bonds. The molecule has 0 unspecified atom stereocenters. The highest BCUT2D eigenvalue weighted by atomic mass is 16.6. The minimum absolute atomic E-state index is 0.0471. The number of aromatic nitrogens is 1. The average molecular weight is 591 g/mol. The summed E-state index contributed by atoms with van der Waals surface area (Å²) in [6, 6.07) is 0.794. The van der Waals surface area contributed by atoms with Gasteiger partial charge in [0.15, 0.2) is 0 Å². The van der Waals surface area contributed by atoms with Gasteiger partial charge in [-0.25, -0.2) is 0 Å². The maximum absolute atomic E-state index is 13.2. The molecule has 3 heterocycles. The summed E-state index contributed by atoms with van der Waals surface area (Å²) in [6.07, 6.45) is 7.83. The van der Waals surface area contributed by atoms with Crippen molar-refractivity contribution in [2.75, 3.05) is 26.2 Å². The van der Waals surface area contributed by atoms with Crippen molar-refractivity contribution in [3.63, 3.8) is 0 Å². The SMILES string of the molecule is CC(C)(C)OC(=O)C[C@H](NC(=O)[C@@H]1CCCN(C(=O)CCC2CCNCC2)C1)c1cncc(O)c1.CC(C)(C)OC=O. The molecule has 3 rings (SSSR count). The van der Waals surface area contributed by atoms with Crippen LogP contribution in [0.1, 0.15) is 98.1 Å². The zero-order valence-corrected chi connectivity index (χ0v) is 26.1. The van der Waals surface area contributed by atoms with Crippen LogP contribution >= 0.6 is 0 Å². The number of carbonyl (C=O) groups excluding carboxylic acids is 4. The van der Waals surface area contributed by atoms with Crippen LogP contribution in [0.2, 0.25) is 0 Å². The van der Waals surface area contributed by atoms with Gasteiger partial charge >= 0.3 is 5.97 Å². The Morgan fingerprint density at radius 1 is 1.12 bits per heavy atom. The van der Waals surface area contributed by atoms with Crippen LogP contribution in [0, 0.1) is 11.8 Å². The standard InChI is InChI=1S/C26H40N4O5.C5H10O2/c1-26(2,3)35-24(33)14-22(20-13-21(31)16-28-15-20)29-25(34)19-5-4-12-30(17-19)23(32)7-6-18-8-10-27-11-9-18;1-5(2,3)7-4-6/h13,15-16,18-19,22,27,31H,4-12,14,17H2,1-3H3,(H,29,34);4H,1-3H3/t19-,22+;/m1./s1. The van der Waals surface area contributed by atoms with Gasteiger partial charge in [0.05, 0.1) is 24.6 Å². The van der Waals surface area contributed by atoms with Gasteiger partial charge in [0, 0.05) is 25.7 Å². The second-order valence-corrected chi connectivity index (χ2v) is 13.1.